The largest absolute Gasteiger partial charge is 0.493 e. The second kappa shape index (κ2) is 9.62. The highest BCUT2D eigenvalue weighted by Crippen LogP contribution is 2.33. The van der Waals surface area contributed by atoms with Crippen LogP contribution in [0.4, 0.5) is 0 Å². The molecule has 1 unspecified atom stereocenters. The van der Waals surface area contributed by atoms with Crippen molar-refractivity contribution in [2.75, 3.05) is 33.9 Å². The summed E-state index contributed by atoms with van der Waals surface area (Å²) in [6.45, 7) is 11.1. The number of amides is 1. The molecule has 5 nitrogen and oxygen atoms in total. The third-order valence-electron chi connectivity index (χ3n) is 5.18. The van der Waals surface area contributed by atoms with Gasteiger partial charge >= 0.3 is 0 Å². The molecular weight excluding hydrogens is 328 g/mol. The van der Waals surface area contributed by atoms with Crippen LogP contribution in [0, 0.1) is 5.92 Å². The molecule has 1 heterocycles. The fourth-order valence-electron chi connectivity index (χ4n) is 3.42. The summed E-state index contributed by atoms with van der Waals surface area (Å²) in [5.41, 5.74) is 1.48. The van der Waals surface area contributed by atoms with Crippen molar-refractivity contribution in [3.63, 3.8) is 0 Å². The van der Waals surface area contributed by atoms with Gasteiger partial charge in [0.1, 0.15) is 0 Å². The first-order valence-corrected chi connectivity index (χ1v) is 9.38. The molecule has 1 aliphatic rings. The van der Waals surface area contributed by atoms with Crippen LogP contribution < -0.4 is 14.8 Å². The Kier molecular flexibility index (Phi) is 7.51. The maximum atomic E-state index is 12.7. The number of methoxy groups -OCH3 is 2. The predicted molar refractivity (Wildman–Crippen MR) is 105 cm³/mol. The van der Waals surface area contributed by atoms with Crippen molar-refractivity contribution < 1.29 is 14.3 Å². The Balaban J connectivity index is 2.04. The highest BCUT2D eigenvalue weighted by atomic mass is 16.5. The van der Waals surface area contributed by atoms with Crippen LogP contribution in [0.5, 0.6) is 11.5 Å². The van der Waals surface area contributed by atoms with Crippen LogP contribution in [0.1, 0.15) is 42.6 Å². The number of piperidine rings is 1. The van der Waals surface area contributed by atoms with Gasteiger partial charge in [0.25, 0.3) is 5.91 Å². The third kappa shape index (κ3) is 5.01. The van der Waals surface area contributed by atoms with Crippen LogP contribution in [0.2, 0.25) is 0 Å². The molecule has 26 heavy (non-hydrogen) atoms. The van der Waals surface area contributed by atoms with E-state index in [9.17, 15) is 4.79 Å². The Morgan fingerprint density at radius 1 is 1.35 bits per heavy atom. The van der Waals surface area contributed by atoms with E-state index in [4.69, 9.17) is 9.47 Å². The van der Waals surface area contributed by atoms with Crippen molar-refractivity contribution in [3.8, 4) is 11.5 Å². The number of allylic oxidation sites excluding steroid dienone is 1. The second-order valence-electron chi connectivity index (χ2n) is 7.14. The lowest BCUT2D eigenvalue weighted by Gasteiger charge is -2.35. The number of carbonyl (C=O) groups is 1. The quantitative estimate of drug-likeness (QED) is 0.723. The summed E-state index contributed by atoms with van der Waals surface area (Å²) in [5, 5.41) is 3.06. The fraction of sp³-hybridized carbons (Fsp3) is 0.571. The van der Waals surface area contributed by atoms with Gasteiger partial charge < -0.3 is 14.8 Å². The fourth-order valence-corrected chi connectivity index (χ4v) is 3.42. The number of nitrogens with zero attached hydrogens (tertiary/aromatic N) is 1. The van der Waals surface area contributed by atoms with Crippen molar-refractivity contribution in [1.82, 2.24) is 10.2 Å². The number of hydrogen-bond donors (Lipinski definition) is 1. The van der Waals surface area contributed by atoms with Gasteiger partial charge in [0, 0.05) is 23.7 Å². The van der Waals surface area contributed by atoms with Crippen LogP contribution in [0.3, 0.4) is 0 Å². The number of carbonyl (C=O) groups excluding carboxylic acids is 1. The lowest BCUT2D eigenvalue weighted by Crippen LogP contribution is -2.45. The predicted octanol–water partition coefficient (Wildman–Crippen LogP) is 3.28. The van der Waals surface area contributed by atoms with Gasteiger partial charge in [-0.15, -0.1) is 6.58 Å². The summed E-state index contributed by atoms with van der Waals surface area (Å²) >= 11 is 0. The smallest absolute Gasteiger partial charge is 0.251 e. The molecule has 1 aromatic rings. The molecule has 0 aliphatic carbocycles. The van der Waals surface area contributed by atoms with Crippen LogP contribution in [-0.2, 0) is 6.42 Å². The summed E-state index contributed by atoms with van der Waals surface area (Å²) in [7, 11) is 3.18. The zero-order chi connectivity index (χ0) is 19.1. The summed E-state index contributed by atoms with van der Waals surface area (Å²) in [5.74, 6) is 1.94. The second-order valence-corrected chi connectivity index (χ2v) is 7.14. The SMILES string of the molecule is C=CCc1cc(C(=O)NCC(C)N2CCC(C)CC2)cc(OC)c1OC. The Morgan fingerprint density at radius 3 is 2.62 bits per heavy atom. The van der Waals surface area contributed by atoms with Gasteiger partial charge in [0.15, 0.2) is 11.5 Å². The average Bonchev–Trinajstić information content (AvgIpc) is 2.65. The molecule has 1 amide bonds. The number of ether oxygens (including phenoxy) is 2. The van der Waals surface area contributed by atoms with E-state index in [2.05, 4.69) is 30.6 Å². The monoisotopic (exact) mass is 360 g/mol. The minimum absolute atomic E-state index is 0.0894. The van der Waals surface area contributed by atoms with Crippen molar-refractivity contribution in [2.45, 2.75) is 39.2 Å². The van der Waals surface area contributed by atoms with Gasteiger partial charge in [0.2, 0.25) is 0 Å². The molecule has 0 spiro atoms. The van der Waals surface area contributed by atoms with Gasteiger partial charge in [-0.25, -0.2) is 0 Å². The zero-order valence-corrected chi connectivity index (χ0v) is 16.5. The van der Waals surface area contributed by atoms with Gasteiger partial charge in [-0.1, -0.05) is 13.0 Å². The first kappa shape index (κ1) is 20.3. The van der Waals surface area contributed by atoms with Crippen molar-refractivity contribution in [1.29, 1.82) is 0 Å². The summed E-state index contributed by atoms with van der Waals surface area (Å²) in [6.07, 6.45) is 4.87. The van der Waals surface area contributed by atoms with Crippen LogP contribution in [0.25, 0.3) is 0 Å². The Morgan fingerprint density at radius 2 is 2.04 bits per heavy atom. The molecule has 1 N–H and O–H groups in total. The number of benzene rings is 1. The van der Waals surface area contributed by atoms with Crippen LogP contribution in [0.15, 0.2) is 24.8 Å². The van der Waals surface area contributed by atoms with Crippen LogP contribution in [-0.4, -0.2) is 50.7 Å². The molecule has 0 bridgehead atoms. The number of rotatable bonds is 8. The van der Waals surface area contributed by atoms with E-state index in [1.54, 1.807) is 26.4 Å². The maximum absolute atomic E-state index is 12.7. The topological polar surface area (TPSA) is 50.8 Å². The molecule has 1 aliphatic heterocycles. The Hall–Kier alpha value is -2.01. The van der Waals surface area contributed by atoms with E-state index in [-0.39, 0.29) is 5.91 Å². The Bertz CT molecular complexity index is 622. The van der Waals surface area contributed by atoms with Crippen molar-refractivity contribution in [3.05, 3.63) is 35.9 Å². The summed E-state index contributed by atoms with van der Waals surface area (Å²) < 4.78 is 10.8. The van der Waals surface area contributed by atoms with E-state index < -0.39 is 0 Å². The molecular formula is C21H32N2O3. The van der Waals surface area contributed by atoms with Gasteiger partial charge in [-0.3, -0.25) is 9.69 Å². The molecule has 2 rings (SSSR count). The molecule has 1 aromatic carbocycles. The van der Waals surface area contributed by atoms with E-state index in [0.29, 0.717) is 36.1 Å². The standard InChI is InChI=1S/C21H32N2O3/c1-6-7-17-12-18(13-19(25-4)20(17)26-5)21(24)22-14-16(3)23-10-8-15(2)9-11-23/h6,12-13,15-16H,1,7-11,14H2,2-5H3,(H,22,24). The number of nitrogens with one attached hydrogen (secondary N) is 1. The molecule has 1 atom stereocenters. The van der Waals surface area contributed by atoms with Gasteiger partial charge in [-0.05, 0) is 57.3 Å². The van der Waals surface area contributed by atoms with E-state index in [1.807, 2.05) is 6.07 Å². The minimum atomic E-state index is -0.0894. The molecule has 1 saturated heterocycles. The normalized spacial score (nSPS) is 16.8. The van der Waals surface area contributed by atoms with Crippen molar-refractivity contribution >= 4 is 5.91 Å². The highest BCUT2D eigenvalue weighted by Gasteiger charge is 2.21. The Labute approximate surface area is 157 Å². The molecule has 0 radical (unpaired) electrons. The highest BCUT2D eigenvalue weighted by molar-refractivity contribution is 5.95. The van der Waals surface area contributed by atoms with Crippen molar-refractivity contribution in [2.24, 2.45) is 5.92 Å². The number of likely N-dealkylation sites (tertiary alicyclic amines) is 1. The summed E-state index contributed by atoms with van der Waals surface area (Å²) in [4.78, 5) is 15.1. The molecule has 0 aromatic heterocycles. The average molecular weight is 360 g/mol. The van der Waals surface area contributed by atoms with Crippen LogP contribution >= 0.6 is 0 Å². The maximum Gasteiger partial charge on any atom is 0.251 e. The van der Waals surface area contributed by atoms with Gasteiger partial charge in [-0.2, -0.15) is 0 Å². The zero-order valence-electron chi connectivity index (χ0n) is 16.5. The van der Waals surface area contributed by atoms with Gasteiger partial charge in [0.05, 0.1) is 14.2 Å². The first-order valence-electron chi connectivity index (χ1n) is 9.38. The molecule has 5 heteroatoms. The lowest BCUT2D eigenvalue weighted by molar-refractivity contribution is 0.0921. The molecule has 1 fully saturated rings. The van der Waals surface area contributed by atoms with E-state index in [1.165, 1.54) is 12.8 Å². The summed E-state index contributed by atoms with van der Waals surface area (Å²) in [6, 6.07) is 3.92. The van der Waals surface area contributed by atoms with E-state index >= 15 is 0 Å². The molecule has 144 valence electrons. The number of hydrogen-bond acceptors (Lipinski definition) is 4. The third-order valence-corrected chi connectivity index (χ3v) is 5.18. The first-order chi connectivity index (χ1) is 12.5. The van der Waals surface area contributed by atoms with E-state index in [0.717, 1.165) is 24.6 Å². The minimum Gasteiger partial charge on any atom is -0.493 e. The molecule has 0 saturated carbocycles. The lowest BCUT2D eigenvalue weighted by atomic mass is 9.98.